The Morgan fingerprint density at radius 3 is 2.10 bits per heavy atom. The Kier molecular flexibility index (Phi) is 6.34. The van der Waals surface area contributed by atoms with Crippen LogP contribution < -0.4 is 4.90 Å². The first kappa shape index (κ1) is 21.8. The van der Waals surface area contributed by atoms with E-state index in [9.17, 15) is 13.2 Å². The van der Waals surface area contributed by atoms with E-state index in [0.29, 0.717) is 30.8 Å². The average molecular weight is 442 g/mol. The molecule has 0 atom stereocenters. The molecule has 0 aromatic heterocycles. The van der Waals surface area contributed by atoms with Gasteiger partial charge in [-0.15, -0.1) is 0 Å². The molecular formula is C24H31N3O3S. The number of hydrogen-bond donors (Lipinski definition) is 0. The number of sulfonamides is 1. The van der Waals surface area contributed by atoms with Crippen LogP contribution in [0.3, 0.4) is 0 Å². The molecule has 2 aliphatic heterocycles. The second-order valence-corrected chi connectivity index (χ2v) is 10.5. The molecule has 2 aromatic carbocycles. The molecule has 2 heterocycles. The summed E-state index contributed by atoms with van der Waals surface area (Å²) in [5.74, 6) is 0.0884. The third-order valence-electron chi connectivity index (χ3n) is 6.63. The lowest BCUT2D eigenvalue weighted by Crippen LogP contribution is -2.52. The fraction of sp³-hybridized carbons (Fsp3) is 0.458. The van der Waals surface area contributed by atoms with Gasteiger partial charge < -0.3 is 9.80 Å². The Morgan fingerprint density at radius 2 is 1.48 bits per heavy atom. The molecule has 0 aliphatic carbocycles. The van der Waals surface area contributed by atoms with Gasteiger partial charge in [-0.05, 0) is 62.1 Å². The van der Waals surface area contributed by atoms with E-state index in [1.54, 1.807) is 12.1 Å². The molecule has 0 spiro atoms. The highest BCUT2D eigenvalue weighted by molar-refractivity contribution is 7.89. The smallest absolute Gasteiger partial charge is 0.243 e. The maximum Gasteiger partial charge on any atom is 0.243 e. The summed E-state index contributed by atoms with van der Waals surface area (Å²) in [6.07, 6.45) is 1.17. The van der Waals surface area contributed by atoms with Crippen LogP contribution in [0.15, 0.2) is 53.4 Å². The largest absolute Gasteiger partial charge is 0.368 e. The van der Waals surface area contributed by atoms with Crippen molar-refractivity contribution in [2.45, 2.75) is 31.6 Å². The Hall–Kier alpha value is -2.38. The second-order valence-electron chi connectivity index (χ2n) is 8.57. The van der Waals surface area contributed by atoms with Crippen LogP contribution in [0.2, 0.25) is 0 Å². The number of carbonyl (C=O) groups excluding carboxylic acids is 1. The SMILES string of the molecule is Cc1ccc(S(=O)(=O)N2CCC(C(=O)N3CCN(c4ccccc4)CC3)CC2)cc1C. The summed E-state index contributed by atoms with van der Waals surface area (Å²) in [7, 11) is -3.51. The lowest BCUT2D eigenvalue weighted by molar-refractivity contribution is -0.137. The van der Waals surface area contributed by atoms with Crippen molar-refractivity contribution in [3.05, 3.63) is 59.7 Å². The molecule has 0 saturated carbocycles. The summed E-state index contributed by atoms with van der Waals surface area (Å²) in [5.41, 5.74) is 3.25. The lowest BCUT2D eigenvalue weighted by atomic mass is 9.96. The minimum absolute atomic E-state index is 0.0884. The van der Waals surface area contributed by atoms with Crippen LogP contribution in [0.5, 0.6) is 0 Å². The van der Waals surface area contributed by atoms with Crippen LogP contribution in [0.1, 0.15) is 24.0 Å². The van der Waals surface area contributed by atoms with Crippen molar-refractivity contribution < 1.29 is 13.2 Å². The van der Waals surface area contributed by atoms with Crippen molar-refractivity contribution in [3.63, 3.8) is 0 Å². The maximum atomic E-state index is 13.0. The molecule has 0 radical (unpaired) electrons. The van der Waals surface area contributed by atoms with Crippen molar-refractivity contribution in [2.75, 3.05) is 44.2 Å². The second kappa shape index (κ2) is 9.01. The van der Waals surface area contributed by atoms with Gasteiger partial charge in [-0.1, -0.05) is 24.3 Å². The summed E-state index contributed by atoms with van der Waals surface area (Å²) in [5, 5.41) is 0. The van der Waals surface area contributed by atoms with Gasteiger partial charge in [0.2, 0.25) is 15.9 Å². The molecule has 0 unspecified atom stereocenters. The fourth-order valence-electron chi connectivity index (χ4n) is 4.45. The van der Waals surface area contributed by atoms with Crippen LogP contribution >= 0.6 is 0 Å². The summed E-state index contributed by atoms with van der Waals surface area (Å²) in [6, 6.07) is 15.6. The number of carbonyl (C=O) groups is 1. The van der Waals surface area contributed by atoms with Gasteiger partial charge in [-0.25, -0.2) is 8.42 Å². The molecule has 1 amide bonds. The number of aryl methyl sites for hydroxylation is 2. The molecule has 7 heteroatoms. The molecule has 4 rings (SSSR count). The Morgan fingerprint density at radius 1 is 0.839 bits per heavy atom. The number of nitrogens with zero attached hydrogens (tertiary/aromatic N) is 3. The molecule has 166 valence electrons. The zero-order chi connectivity index (χ0) is 22.0. The molecule has 31 heavy (non-hydrogen) atoms. The molecular weight excluding hydrogens is 410 g/mol. The van der Waals surface area contributed by atoms with Crippen LogP contribution in [-0.2, 0) is 14.8 Å². The van der Waals surface area contributed by atoms with Crippen molar-refractivity contribution >= 4 is 21.6 Å². The normalized spacial score (nSPS) is 18.9. The van der Waals surface area contributed by atoms with E-state index in [-0.39, 0.29) is 11.8 Å². The van der Waals surface area contributed by atoms with Gasteiger partial charge in [0.25, 0.3) is 0 Å². The van der Waals surface area contributed by atoms with E-state index in [2.05, 4.69) is 17.0 Å². The molecule has 2 saturated heterocycles. The van der Waals surface area contributed by atoms with Crippen LogP contribution in [0.4, 0.5) is 5.69 Å². The first-order chi connectivity index (χ1) is 14.9. The highest BCUT2D eigenvalue weighted by atomic mass is 32.2. The number of amides is 1. The van der Waals surface area contributed by atoms with E-state index >= 15 is 0 Å². The number of benzene rings is 2. The maximum absolute atomic E-state index is 13.0. The summed E-state index contributed by atoms with van der Waals surface area (Å²) >= 11 is 0. The van der Waals surface area contributed by atoms with Gasteiger partial charge in [0.05, 0.1) is 4.90 Å². The highest BCUT2D eigenvalue weighted by Gasteiger charge is 2.34. The van der Waals surface area contributed by atoms with E-state index < -0.39 is 10.0 Å². The predicted molar refractivity (Wildman–Crippen MR) is 123 cm³/mol. The zero-order valence-corrected chi connectivity index (χ0v) is 19.1. The monoisotopic (exact) mass is 441 g/mol. The highest BCUT2D eigenvalue weighted by Crippen LogP contribution is 2.27. The van der Waals surface area contributed by atoms with Crippen molar-refractivity contribution in [3.8, 4) is 0 Å². The zero-order valence-electron chi connectivity index (χ0n) is 18.3. The number of rotatable bonds is 4. The van der Waals surface area contributed by atoms with Crippen LogP contribution in [-0.4, -0.2) is 62.8 Å². The number of anilines is 1. The molecule has 2 aromatic rings. The van der Waals surface area contributed by atoms with E-state index in [0.717, 1.165) is 37.3 Å². The Balaban J connectivity index is 1.32. The Labute approximate surface area is 185 Å². The summed E-state index contributed by atoms with van der Waals surface area (Å²) in [6.45, 7) is 7.79. The topological polar surface area (TPSA) is 60.9 Å². The van der Waals surface area contributed by atoms with E-state index in [1.165, 1.54) is 9.99 Å². The number of piperidine rings is 1. The summed E-state index contributed by atoms with van der Waals surface area (Å²) in [4.78, 5) is 17.7. The first-order valence-electron chi connectivity index (χ1n) is 11.0. The fourth-order valence-corrected chi connectivity index (χ4v) is 6.00. The van der Waals surface area contributed by atoms with Crippen molar-refractivity contribution in [1.29, 1.82) is 0 Å². The Bertz CT molecular complexity index is 1020. The average Bonchev–Trinajstić information content (AvgIpc) is 2.81. The third kappa shape index (κ3) is 4.62. The van der Waals surface area contributed by atoms with E-state index in [4.69, 9.17) is 0 Å². The van der Waals surface area contributed by atoms with Gasteiger partial charge in [-0.3, -0.25) is 4.79 Å². The van der Waals surface area contributed by atoms with Gasteiger partial charge in [0.15, 0.2) is 0 Å². The molecule has 0 N–H and O–H groups in total. The lowest BCUT2D eigenvalue weighted by Gasteiger charge is -2.39. The summed E-state index contributed by atoms with van der Waals surface area (Å²) < 4.78 is 27.6. The number of para-hydroxylation sites is 1. The van der Waals surface area contributed by atoms with Gasteiger partial charge >= 0.3 is 0 Å². The van der Waals surface area contributed by atoms with E-state index in [1.807, 2.05) is 43.0 Å². The van der Waals surface area contributed by atoms with Crippen LogP contribution in [0, 0.1) is 19.8 Å². The first-order valence-corrected chi connectivity index (χ1v) is 12.5. The third-order valence-corrected chi connectivity index (χ3v) is 8.53. The number of hydrogen-bond acceptors (Lipinski definition) is 4. The minimum Gasteiger partial charge on any atom is -0.368 e. The minimum atomic E-state index is -3.51. The quantitative estimate of drug-likeness (QED) is 0.732. The predicted octanol–water partition coefficient (Wildman–Crippen LogP) is 3.05. The standard InChI is InChI=1S/C24H31N3O3S/c1-19-8-9-23(18-20(19)2)31(29,30)27-12-10-21(11-13-27)24(28)26-16-14-25(15-17-26)22-6-4-3-5-7-22/h3-9,18,21H,10-17H2,1-2H3. The number of piperazine rings is 1. The van der Waals surface area contributed by atoms with Crippen LogP contribution in [0.25, 0.3) is 0 Å². The van der Waals surface area contributed by atoms with Crippen molar-refractivity contribution in [1.82, 2.24) is 9.21 Å². The van der Waals surface area contributed by atoms with Crippen molar-refractivity contribution in [2.24, 2.45) is 5.92 Å². The molecule has 6 nitrogen and oxygen atoms in total. The molecule has 0 bridgehead atoms. The van der Waals surface area contributed by atoms with Gasteiger partial charge in [-0.2, -0.15) is 4.31 Å². The van der Waals surface area contributed by atoms with Gasteiger partial charge in [0, 0.05) is 50.9 Å². The van der Waals surface area contributed by atoms with Gasteiger partial charge in [0.1, 0.15) is 0 Å². The molecule has 2 fully saturated rings. The molecule has 2 aliphatic rings.